The second-order valence-corrected chi connectivity index (χ2v) is 4.75. The molecule has 0 saturated heterocycles. The molecule has 0 spiro atoms. The summed E-state index contributed by atoms with van der Waals surface area (Å²) in [5.74, 6) is 3.08. The number of terminal acetylenes is 1. The van der Waals surface area contributed by atoms with Crippen LogP contribution in [0.25, 0.3) is 0 Å². The van der Waals surface area contributed by atoms with E-state index in [4.69, 9.17) is 6.42 Å². The van der Waals surface area contributed by atoms with Gasteiger partial charge in [0, 0.05) is 4.91 Å². The van der Waals surface area contributed by atoms with Crippen LogP contribution in [0.2, 0.25) is 5.82 Å². The molecule has 0 nitrogen and oxygen atoms in total. The summed E-state index contributed by atoms with van der Waals surface area (Å²) in [7, 11) is 1.03. The van der Waals surface area contributed by atoms with Crippen molar-refractivity contribution in [1.29, 1.82) is 0 Å². The maximum Gasteiger partial charge on any atom is 0.155 e. The average Bonchev–Trinajstić information content (AvgIpc) is 2.16. The highest BCUT2D eigenvalue weighted by atomic mass is 32.2. The van der Waals surface area contributed by atoms with Gasteiger partial charge in [-0.3, -0.25) is 0 Å². The number of hydrogen-bond acceptors (Lipinski definition) is 1. The number of thioether (sulfide) groups is 1. The van der Waals surface area contributed by atoms with Crippen LogP contribution in [-0.2, 0) is 0 Å². The summed E-state index contributed by atoms with van der Waals surface area (Å²) in [6.07, 6.45) is 10.9. The minimum atomic E-state index is 0.340. The molecule has 0 aromatic heterocycles. The van der Waals surface area contributed by atoms with Crippen molar-refractivity contribution in [1.82, 2.24) is 0 Å². The van der Waals surface area contributed by atoms with E-state index in [9.17, 15) is 0 Å². The Bertz CT molecular complexity index is 260. The second kappa shape index (κ2) is 7.59. The lowest BCUT2D eigenvalue weighted by Crippen LogP contribution is -2.11. The highest BCUT2D eigenvalue weighted by molar-refractivity contribution is 8.05. The van der Waals surface area contributed by atoms with E-state index in [1.165, 1.54) is 0 Å². The van der Waals surface area contributed by atoms with Gasteiger partial charge in [-0.2, -0.15) is 0 Å². The lowest BCUT2D eigenvalue weighted by atomic mass is 9.63. The predicted octanol–water partition coefficient (Wildman–Crippen LogP) is 3.20. The summed E-state index contributed by atoms with van der Waals surface area (Å²) < 4.78 is 0. The van der Waals surface area contributed by atoms with Crippen LogP contribution in [0.3, 0.4) is 0 Å². The molecule has 0 fully saturated rings. The van der Waals surface area contributed by atoms with E-state index >= 15 is 0 Å². The summed E-state index contributed by atoms with van der Waals surface area (Å²) in [6, 6.07) is 0. The van der Waals surface area contributed by atoms with Gasteiger partial charge in [-0.15, -0.1) is 24.1 Å². The van der Waals surface area contributed by atoms with Gasteiger partial charge in [-0.25, -0.2) is 0 Å². The largest absolute Gasteiger partial charge is 0.155 e. The lowest BCUT2D eigenvalue weighted by molar-refractivity contribution is 1.19. The van der Waals surface area contributed by atoms with Crippen molar-refractivity contribution in [3.8, 4) is 12.3 Å². The van der Waals surface area contributed by atoms with Gasteiger partial charge in [0.1, 0.15) is 0 Å². The van der Waals surface area contributed by atoms with E-state index in [2.05, 4.69) is 32.9 Å². The lowest BCUT2D eigenvalue weighted by Gasteiger charge is -2.11. The molecule has 0 aliphatic rings. The molecule has 0 aliphatic carbocycles. The molecular weight excluding hydrogens is 187 g/mol. The van der Waals surface area contributed by atoms with Gasteiger partial charge < -0.3 is 0 Å². The van der Waals surface area contributed by atoms with Crippen LogP contribution in [0.1, 0.15) is 13.8 Å². The van der Waals surface area contributed by atoms with E-state index in [-0.39, 0.29) is 0 Å². The molecule has 0 rings (SSSR count). The smallest absolute Gasteiger partial charge is 0.132 e. The highest BCUT2D eigenvalue weighted by Gasteiger charge is 2.10. The minimum absolute atomic E-state index is 0.340. The molecule has 0 aliphatic heterocycles. The van der Waals surface area contributed by atoms with Crippen LogP contribution >= 0.6 is 11.8 Å². The third-order valence-corrected chi connectivity index (χ3v) is 2.96. The summed E-state index contributed by atoms with van der Waals surface area (Å²) in [6.45, 7) is 11.7. The van der Waals surface area contributed by atoms with Crippen LogP contribution in [-0.4, -0.2) is 12.4 Å². The Balaban J connectivity index is 4.10. The molecule has 2 heteroatoms. The molecule has 0 radical (unpaired) electrons. The van der Waals surface area contributed by atoms with Crippen LogP contribution in [0.5, 0.6) is 0 Å². The monoisotopic (exact) mass is 204 g/mol. The van der Waals surface area contributed by atoms with Crippen molar-refractivity contribution in [2.75, 3.05) is 0 Å². The van der Waals surface area contributed by atoms with Crippen LogP contribution < -0.4 is 0 Å². The molecule has 0 N–H and O–H groups in total. The van der Waals surface area contributed by atoms with Gasteiger partial charge in [0.2, 0.25) is 0 Å². The summed E-state index contributed by atoms with van der Waals surface area (Å²) >= 11 is 1.79. The SMILES string of the molecule is C#CC(C)BC(C)S/C(C=C)=C/C=C. The first-order valence-electron chi connectivity index (χ1n) is 4.72. The zero-order valence-electron chi connectivity index (χ0n) is 8.99. The van der Waals surface area contributed by atoms with E-state index in [1.54, 1.807) is 17.8 Å². The van der Waals surface area contributed by atoms with Crippen molar-refractivity contribution < 1.29 is 0 Å². The Morgan fingerprint density at radius 2 is 2.14 bits per heavy atom. The van der Waals surface area contributed by atoms with Crippen molar-refractivity contribution >= 4 is 19.0 Å². The first kappa shape index (κ1) is 13.2. The molecule has 0 amide bonds. The van der Waals surface area contributed by atoms with Gasteiger partial charge in [0.15, 0.2) is 7.28 Å². The first-order valence-corrected chi connectivity index (χ1v) is 5.60. The van der Waals surface area contributed by atoms with E-state index in [0.717, 1.165) is 12.2 Å². The molecule has 0 aromatic rings. The first-order chi connectivity index (χ1) is 6.63. The van der Waals surface area contributed by atoms with Gasteiger partial charge in [0.05, 0.1) is 0 Å². The maximum absolute atomic E-state index is 5.33. The third kappa shape index (κ3) is 5.77. The van der Waals surface area contributed by atoms with Crippen molar-refractivity contribution in [2.45, 2.75) is 24.8 Å². The van der Waals surface area contributed by atoms with Crippen molar-refractivity contribution in [3.05, 3.63) is 36.3 Å². The number of rotatable bonds is 6. The van der Waals surface area contributed by atoms with Gasteiger partial charge in [0.25, 0.3) is 0 Å². The minimum Gasteiger partial charge on any atom is -0.132 e. The molecule has 2 unspecified atom stereocenters. The third-order valence-electron chi connectivity index (χ3n) is 1.79. The Kier molecular flexibility index (Phi) is 7.15. The standard InChI is InChI=1S/C12H17BS/c1-6-9-12(8-3)14-11(5)13-10(4)7-2/h2,6,8-11,13H,1,3H2,4-5H3/b12-9+. The molecular formula is C12H17BS. The van der Waals surface area contributed by atoms with E-state index in [0.29, 0.717) is 11.0 Å². The van der Waals surface area contributed by atoms with Crippen molar-refractivity contribution in [2.24, 2.45) is 0 Å². The number of hydrogen-bond donors (Lipinski definition) is 0. The average molecular weight is 204 g/mol. The fourth-order valence-electron chi connectivity index (χ4n) is 1.12. The van der Waals surface area contributed by atoms with Gasteiger partial charge in [-0.05, 0) is 17.0 Å². The molecule has 0 aromatic carbocycles. The second-order valence-electron chi connectivity index (χ2n) is 3.24. The molecule has 2 atom stereocenters. The summed E-state index contributed by atoms with van der Waals surface area (Å²) in [5, 5.41) is 0.519. The molecule has 0 saturated carbocycles. The Hall–Kier alpha value is -0.805. The molecule has 0 bridgehead atoms. The topological polar surface area (TPSA) is 0 Å². The van der Waals surface area contributed by atoms with Crippen molar-refractivity contribution in [3.63, 3.8) is 0 Å². The summed E-state index contributed by atoms with van der Waals surface area (Å²) in [4.78, 5) is 1.15. The normalized spacial score (nSPS) is 15.1. The van der Waals surface area contributed by atoms with E-state index < -0.39 is 0 Å². The molecule has 14 heavy (non-hydrogen) atoms. The predicted molar refractivity (Wildman–Crippen MR) is 70.9 cm³/mol. The number of allylic oxidation sites excluding steroid dienone is 3. The van der Waals surface area contributed by atoms with Crippen LogP contribution in [0, 0.1) is 12.3 Å². The summed E-state index contributed by atoms with van der Waals surface area (Å²) in [5.41, 5.74) is 0. The fraction of sp³-hybridized carbons (Fsp3) is 0.333. The Morgan fingerprint density at radius 1 is 1.50 bits per heavy atom. The van der Waals surface area contributed by atoms with Gasteiger partial charge in [-0.1, -0.05) is 39.2 Å². The fourth-order valence-corrected chi connectivity index (χ4v) is 2.24. The van der Waals surface area contributed by atoms with Crippen LogP contribution in [0.4, 0.5) is 0 Å². The van der Waals surface area contributed by atoms with Gasteiger partial charge >= 0.3 is 0 Å². The zero-order chi connectivity index (χ0) is 11.0. The van der Waals surface area contributed by atoms with E-state index in [1.807, 2.05) is 12.2 Å². The quantitative estimate of drug-likeness (QED) is 0.363. The van der Waals surface area contributed by atoms with Crippen LogP contribution in [0.15, 0.2) is 36.3 Å². The Labute approximate surface area is 92.8 Å². The maximum atomic E-state index is 5.33. The molecule has 74 valence electrons. The Morgan fingerprint density at radius 3 is 2.57 bits per heavy atom. The zero-order valence-corrected chi connectivity index (χ0v) is 9.81. The molecule has 0 heterocycles. The highest BCUT2D eigenvalue weighted by Crippen LogP contribution is 2.23.